The lowest BCUT2D eigenvalue weighted by atomic mass is 9.79. The lowest BCUT2D eigenvalue weighted by molar-refractivity contribution is -0.139. The molecule has 0 aromatic carbocycles. The number of carbonyl (C=O) groups excluding carboxylic acids is 1. The van der Waals surface area contributed by atoms with Crippen molar-refractivity contribution < 1.29 is 14.7 Å². The van der Waals surface area contributed by atoms with Crippen LogP contribution in [0.2, 0.25) is 0 Å². The number of piperidine rings is 1. The fourth-order valence-corrected chi connectivity index (χ4v) is 3.49. The van der Waals surface area contributed by atoms with Gasteiger partial charge in [0.15, 0.2) is 0 Å². The number of hydrogen-bond acceptors (Lipinski definition) is 2. The second-order valence-electron chi connectivity index (χ2n) is 7.49. The van der Waals surface area contributed by atoms with E-state index in [0.717, 1.165) is 58.0 Å². The van der Waals surface area contributed by atoms with E-state index < -0.39 is 11.5 Å². The molecule has 1 heterocycles. The van der Waals surface area contributed by atoms with Crippen molar-refractivity contribution in [1.82, 2.24) is 10.2 Å². The molecule has 1 saturated heterocycles. The minimum Gasteiger partial charge on any atom is -0.481 e. The van der Waals surface area contributed by atoms with Gasteiger partial charge in [-0.15, -0.1) is 0 Å². The molecule has 5 heteroatoms. The monoisotopic (exact) mass is 296 g/mol. The number of aliphatic carboxylic acids is 1. The van der Waals surface area contributed by atoms with Crippen LogP contribution >= 0.6 is 0 Å². The maximum Gasteiger partial charge on any atom is 0.317 e. The molecule has 21 heavy (non-hydrogen) atoms. The van der Waals surface area contributed by atoms with Crippen molar-refractivity contribution in [2.24, 2.45) is 5.41 Å². The number of carboxylic acids is 1. The molecule has 1 aliphatic heterocycles. The molecular weight excluding hydrogens is 268 g/mol. The number of nitrogens with one attached hydrogen (secondary N) is 1. The summed E-state index contributed by atoms with van der Waals surface area (Å²) in [6, 6.07) is -0.0753. The maximum absolute atomic E-state index is 12.5. The van der Waals surface area contributed by atoms with Crippen molar-refractivity contribution in [3.8, 4) is 0 Å². The number of likely N-dealkylation sites (tertiary alicyclic amines) is 1. The lowest BCUT2D eigenvalue weighted by Gasteiger charge is -2.41. The molecule has 2 amide bonds. The lowest BCUT2D eigenvalue weighted by Crippen LogP contribution is -2.56. The van der Waals surface area contributed by atoms with Gasteiger partial charge in [0.25, 0.3) is 0 Å². The van der Waals surface area contributed by atoms with Crippen molar-refractivity contribution in [2.45, 2.75) is 70.8 Å². The second kappa shape index (κ2) is 6.24. The Hall–Kier alpha value is -1.26. The normalized spacial score (nSPS) is 24.4. The van der Waals surface area contributed by atoms with Crippen LogP contribution in [0, 0.1) is 5.41 Å². The van der Waals surface area contributed by atoms with Crippen molar-refractivity contribution in [3.05, 3.63) is 0 Å². The van der Waals surface area contributed by atoms with Gasteiger partial charge in [-0.05, 0) is 31.1 Å². The van der Waals surface area contributed by atoms with E-state index >= 15 is 0 Å². The molecule has 0 aromatic rings. The molecule has 120 valence electrons. The molecule has 0 atom stereocenters. The smallest absolute Gasteiger partial charge is 0.317 e. The number of urea groups is 1. The van der Waals surface area contributed by atoms with Crippen molar-refractivity contribution in [1.29, 1.82) is 0 Å². The van der Waals surface area contributed by atoms with Gasteiger partial charge in [-0.3, -0.25) is 4.79 Å². The van der Waals surface area contributed by atoms with Crippen LogP contribution in [0.15, 0.2) is 0 Å². The van der Waals surface area contributed by atoms with Gasteiger partial charge in [-0.2, -0.15) is 0 Å². The van der Waals surface area contributed by atoms with Crippen LogP contribution in [0.25, 0.3) is 0 Å². The summed E-state index contributed by atoms with van der Waals surface area (Å²) in [7, 11) is 0. The third kappa shape index (κ3) is 4.35. The Morgan fingerprint density at radius 2 is 1.62 bits per heavy atom. The third-order valence-electron chi connectivity index (χ3n) is 5.08. The van der Waals surface area contributed by atoms with Gasteiger partial charge in [0, 0.05) is 13.1 Å². The van der Waals surface area contributed by atoms with Crippen LogP contribution in [0.4, 0.5) is 4.79 Å². The van der Waals surface area contributed by atoms with Crippen LogP contribution in [0.1, 0.15) is 65.2 Å². The molecule has 1 aliphatic carbocycles. The van der Waals surface area contributed by atoms with Crippen molar-refractivity contribution in [3.63, 3.8) is 0 Å². The summed E-state index contributed by atoms with van der Waals surface area (Å²) >= 11 is 0. The minimum atomic E-state index is -0.822. The third-order valence-corrected chi connectivity index (χ3v) is 5.08. The van der Waals surface area contributed by atoms with E-state index in [0.29, 0.717) is 5.41 Å². The molecule has 0 radical (unpaired) electrons. The average Bonchev–Trinajstić information content (AvgIpc) is 2.38. The SMILES string of the molecule is CC1(C)CCN(C(=O)NC2(CC(=O)O)CCCCC2)CC1. The zero-order valence-corrected chi connectivity index (χ0v) is 13.3. The summed E-state index contributed by atoms with van der Waals surface area (Å²) in [4.78, 5) is 25.5. The van der Waals surface area contributed by atoms with E-state index in [1.165, 1.54) is 0 Å². The number of nitrogens with zero attached hydrogens (tertiary/aromatic N) is 1. The summed E-state index contributed by atoms with van der Waals surface area (Å²) in [5, 5.41) is 12.2. The number of carbonyl (C=O) groups is 2. The Balaban J connectivity index is 1.96. The largest absolute Gasteiger partial charge is 0.481 e. The zero-order chi connectivity index (χ0) is 15.5. The van der Waals surface area contributed by atoms with Gasteiger partial charge in [-0.1, -0.05) is 33.1 Å². The van der Waals surface area contributed by atoms with E-state index in [1.807, 2.05) is 4.90 Å². The highest BCUT2D eigenvalue weighted by Gasteiger charge is 2.38. The van der Waals surface area contributed by atoms with Crippen LogP contribution < -0.4 is 5.32 Å². The molecule has 0 spiro atoms. The number of amides is 2. The molecule has 0 aromatic heterocycles. The number of rotatable bonds is 3. The van der Waals surface area contributed by atoms with Crippen LogP contribution in [-0.2, 0) is 4.79 Å². The first kappa shape index (κ1) is 16.1. The quantitative estimate of drug-likeness (QED) is 0.841. The van der Waals surface area contributed by atoms with E-state index in [4.69, 9.17) is 5.11 Å². The Morgan fingerprint density at radius 1 is 1.05 bits per heavy atom. The van der Waals surface area contributed by atoms with E-state index in [2.05, 4.69) is 19.2 Å². The van der Waals surface area contributed by atoms with Crippen molar-refractivity contribution in [2.75, 3.05) is 13.1 Å². The predicted octanol–water partition coefficient (Wildman–Crippen LogP) is 3.00. The topological polar surface area (TPSA) is 69.6 Å². The van der Waals surface area contributed by atoms with Gasteiger partial charge >= 0.3 is 12.0 Å². The molecule has 2 N–H and O–H groups in total. The summed E-state index contributed by atoms with van der Waals surface area (Å²) in [6.07, 6.45) is 6.75. The summed E-state index contributed by atoms with van der Waals surface area (Å²) < 4.78 is 0. The summed E-state index contributed by atoms with van der Waals surface area (Å²) in [5.41, 5.74) is -0.228. The average molecular weight is 296 g/mol. The van der Waals surface area contributed by atoms with Gasteiger partial charge in [0.05, 0.1) is 12.0 Å². The predicted molar refractivity (Wildman–Crippen MR) is 81.2 cm³/mol. The highest BCUT2D eigenvalue weighted by atomic mass is 16.4. The zero-order valence-electron chi connectivity index (χ0n) is 13.3. The fraction of sp³-hybridized carbons (Fsp3) is 0.875. The van der Waals surface area contributed by atoms with Gasteiger partial charge < -0.3 is 15.3 Å². The molecule has 5 nitrogen and oxygen atoms in total. The summed E-state index contributed by atoms with van der Waals surface area (Å²) in [6.45, 7) is 5.99. The summed E-state index contributed by atoms with van der Waals surface area (Å²) in [5.74, 6) is -0.822. The number of carboxylic acid groups (broad SMARTS) is 1. The van der Waals surface area contributed by atoms with Crippen LogP contribution in [-0.4, -0.2) is 40.6 Å². The Bertz CT molecular complexity index is 390. The minimum absolute atomic E-state index is 0.0398. The van der Waals surface area contributed by atoms with E-state index in [9.17, 15) is 9.59 Å². The first-order valence-electron chi connectivity index (χ1n) is 8.11. The Kier molecular flexibility index (Phi) is 4.79. The van der Waals surface area contributed by atoms with E-state index in [1.54, 1.807) is 0 Å². The molecular formula is C16H28N2O3. The van der Waals surface area contributed by atoms with Gasteiger partial charge in [-0.25, -0.2) is 4.79 Å². The van der Waals surface area contributed by atoms with Crippen LogP contribution in [0.3, 0.4) is 0 Å². The molecule has 2 rings (SSSR count). The highest BCUT2D eigenvalue weighted by Crippen LogP contribution is 2.33. The number of hydrogen-bond donors (Lipinski definition) is 2. The Morgan fingerprint density at radius 3 is 2.14 bits per heavy atom. The molecule has 1 saturated carbocycles. The Labute approximate surface area is 127 Å². The molecule has 2 aliphatic rings. The first-order chi connectivity index (χ1) is 9.82. The highest BCUT2D eigenvalue weighted by molar-refractivity contribution is 5.77. The second-order valence-corrected chi connectivity index (χ2v) is 7.49. The van der Waals surface area contributed by atoms with Crippen LogP contribution in [0.5, 0.6) is 0 Å². The van der Waals surface area contributed by atoms with Gasteiger partial charge in [0.2, 0.25) is 0 Å². The first-order valence-corrected chi connectivity index (χ1v) is 8.11. The molecule has 0 unspecified atom stereocenters. The van der Waals surface area contributed by atoms with Crippen molar-refractivity contribution >= 4 is 12.0 Å². The van der Waals surface area contributed by atoms with E-state index in [-0.39, 0.29) is 12.5 Å². The maximum atomic E-state index is 12.5. The van der Waals surface area contributed by atoms with Gasteiger partial charge in [0.1, 0.15) is 0 Å². The molecule has 2 fully saturated rings. The fourth-order valence-electron chi connectivity index (χ4n) is 3.49. The standard InChI is InChI=1S/C16H28N2O3/c1-15(2)8-10-18(11-9-15)14(21)17-16(12-13(19)20)6-4-3-5-7-16/h3-12H2,1-2H3,(H,17,21)(H,19,20). The molecule has 0 bridgehead atoms.